The van der Waals surface area contributed by atoms with E-state index in [0.29, 0.717) is 30.1 Å². The number of halogens is 2. The van der Waals surface area contributed by atoms with Gasteiger partial charge < -0.3 is 15.3 Å². The maximum absolute atomic E-state index is 12.1. The Hall–Kier alpha value is -1.27. The average molecular weight is 362 g/mol. The van der Waals surface area contributed by atoms with Gasteiger partial charge in [0.1, 0.15) is 0 Å². The van der Waals surface area contributed by atoms with Gasteiger partial charge in [-0.25, -0.2) is 4.79 Å². The molecule has 7 heteroatoms. The zero-order chi connectivity index (χ0) is 14.7. The van der Waals surface area contributed by atoms with Crippen molar-refractivity contribution in [2.24, 2.45) is 5.92 Å². The first-order valence-electron chi connectivity index (χ1n) is 6.21. The topological polar surface area (TPSA) is 69.6 Å². The number of nitrogens with zero attached hydrogens (tertiary/aromatic N) is 1. The third-order valence-corrected chi connectivity index (χ3v) is 4.46. The number of carboxylic acids is 1. The number of urea groups is 1. The first-order chi connectivity index (χ1) is 9.47. The Kier molecular flexibility index (Phi) is 4.88. The highest BCUT2D eigenvalue weighted by atomic mass is 79.9. The maximum Gasteiger partial charge on any atom is 0.321 e. The molecule has 0 saturated carbocycles. The normalized spacial score (nSPS) is 18.7. The van der Waals surface area contributed by atoms with Crippen molar-refractivity contribution in [3.63, 3.8) is 0 Å². The molecule has 0 bridgehead atoms. The molecule has 2 rings (SSSR count). The van der Waals surface area contributed by atoms with Gasteiger partial charge in [-0.15, -0.1) is 0 Å². The van der Waals surface area contributed by atoms with E-state index in [1.54, 1.807) is 18.2 Å². The Bertz CT molecular complexity index is 538. The summed E-state index contributed by atoms with van der Waals surface area (Å²) in [4.78, 5) is 24.6. The average Bonchev–Trinajstić information content (AvgIpc) is 2.43. The molecule has 2 N–H and O–H groups in total. The van der Waals surface area contributed by atoms with E-state index in [2.05, 4.69) is 21.2 Å². The van der Waals surface area contributed by atoms with E-state index in [1.807, 2.05) is 0 Å². The molecule has 1 heterocycles. The third-order valence-electron chi connectivity index (χ3n) is 3.23. The number of carbonyl (C=O) groups is 2. The maximum atomic E-state index is 12.1. The number of likely N-dealkylation sites (tertiary alicyclic amines) is 1. The minimum absolute atomic E-state index is 0.241. The molecule has 0 aliphatic carbocycles. The molecule has 108 valence electrons. The molecule has 5 nitrogen and oxygen atoms in total. The summed E-state index contributed by atoms with van der Waals surface area (Å²) in [7, 11) is 0. The first kappa shape index (κ1) is 15.1. The van der Waals surface area contributed by atoms with Crippen molar-refractivity contribution < 1.29 is 14.7 Å². The Morgan fingerprint density at radius 1 is 1.45 bits per heavy atom. The number of piperidine rings is 1. The lowest BCUT2D eigenvalue weighted by molar-refractivity contribution is -0.143. The van der Waals surface area contributed by atoms with E-state index in [0.717, 1.165) is 4.47 Å². The molecule has 0 radical (unpaired) electrons. The molecule has 2 amide bonds. The number of amides is 2. The van der Waals surface area contributed by atoms with Gasteiger partial charge in [0.15, 0.2) is 0 Å². The fourth-order valence-corrected chi connectivity index (χ4v) is 2.57. The van der Waals surface area contributed by atoms with Crippen molar-refractivity contribution >= 4 is 45.2 Å². The molecule has 1 aromatic rings. The molecule has 1 aromatic carbocycles. The lowest BCUT2D eigenvalue weighted by Gasteiger charge is -2.30. The second-order valence-corrected chi connectivity index (χ2v) is 5.94. The van der Waals surface area contributed by atoms with Gasteiger partial charge in [0.05, 0.1) is 10.9 Å². The Balaban J connectivity index is 2.00. The Labute approximate surface area is 130 Å². The number of carboxylic acid groups (broad SMARTS) is 1. The van der Waals surface area contributed by atoms with Gasteiger partial charge in [0, 0.05) is 23.2 Å². The lowest BCUT2D eigenvalue weighted by atomic mass is 9.99. The number of hydrogen-bond donors (Lipinski definition) is 2. The Morgan fingerprint density at radius 3 is 2.85 bits per heavy atom. The minimum Gasteiger partial charge on any atom is -0.481 e. The largest absolute Gasteiger partial charge is 0.481 e. The molecule has 20 heavy (non-hydrogen) atoms. The molecule has 1 unspecified atom stereocenters. The van der Waals surface area contributed by atoms with E-state index in [1.165, 1.54) is 4.90 Å². The van der Waals surface area contributed by atoms with Crippen LogP contribution in [0.5, 0.6) is 0 Å². The van der Waals surface area contributed by atoms with Crippen LogP contribution in [0.15, 0.2) is 22.7 Å². The van der Waals surface area contributed by atoms with Crippen molar-refractivity contribution in [2.45, 2.75) is 12.8 Å². The van der Waals surface area contributed by atoms with Crippen molar-refractivity contribution in [1.29, 1.82) is 0 Å². The standard InChI is InChI=1S/C13H14BrClN2O3/c14-10-4-3-9(6-11(10)15)16-13(20)17-5-1-2-8(7-17)12(18)19/h3-4,6,8H,1-2,5,7H2,(H,16,20)(H,18,19). The summed E-state index contributed by atoms with van der Waals surface area (Å²) >= 11 is 9.23. The second-order valence-electron chi connectivity index (χ2n) is 4.68. The van der Waals surface area contributed by atoms with Gasteiger partial charge >= 0.3 is 12.0 Å². The summed E-state index contributed by atoms with van der Waals surface area (Å²) in [6, 6.07) is 4.82. The Morgan fingerprint density at radius 2 is 2.20 bits per heavy atom. The molecular formula is C13H14BrClN2O3. The van der Waals surface area contributed by atoms with E-state index in [4.69, 9.17) is 16.7 Å². The van der Waals surface area contributed by atoms with Crippen molar-refractivity contribution in [3.05, 3.63) is 27.7 Å². The summed E-state index contributed by atoms with van der Waals surface area (Å²) < 4.78 is 0.751. The van der Waals surface area contributed by atoms with Gasteiger partial charge in [0.25, 0.3) is 0 Å². The van der Waals surface area contributed by atoms with E-state index >= 15 is 0 Å². The first-order valence-corrected chi connectivity index (χ1v) is 7.38. The van der Waals surface area contributed by atoms with Crippen LogP contribution < -0.4 is 5.32 Å². The molecule has 1 saturated heterocycles. The number of hydrogen-bond acceptors (Lipinski definition) is 2. The van der Waals surface area contributed by atoms with Gasteiger partial charge in [0.2, 0.25) is 0 Å². The minimum atomic E-state index is -0.853. The van der Waals surface area contributed by atoms with E-state index < -0.39 is 11.9 Å². The van der Waals surface area contributed by atoms with Crippen molar-refractivity contribution in [3.8, 4) is 0 Å². The number of aliphatic carboxylic acids is 1. The third kappa shape index (κ3) is 3.64. The van der Waals surface area contributed by atoms with Crippen LogP contribution >= 0.6 is 27.5 Å². The van der Waals surface area contributed by atoms with Crippen LogP contribution in [0.25, 0.3) is 0 Å². The van der Waals surface area contributed by atoms with Gasteiger partial charge in [-0.05, 0) is 47.0 Å². The van der Waals surface area contributed by atoms with Crippen LogP contribution in [0.3, 0.4) is 0 Å². The number of benzene rings is 1. The second kappa shape index (κ2) is 6.45. The summed E-state index contributed by atoms with van der Waals surface area (Å²) in [6.07, 6.45) is 1.31. The van der Waals surface area contributed by atoms with E-state index in [-0.39, 0.29) is 12.6 Å². The molecular weight excluding hydrogens is 348 g/mol. The number of nitrogens with one attached hydrogen (secondary N) is 1. The highest BCUT2D eigenvalue weighted by Gasteiger charge is 2.28. The smallest absolute Gasteiger partial charge is 0.321 e. The predicted molar refractivity (Wildman–Crippen MR) is 80.1 cm³/mol. The molecule has 0 aromatic heterocycles. The zero-order valence-corrected chi connectivity index (χ0v) is 12.9. The summed E-state index contributed by atoms with van der Waals surface area (Å²) in [5.74, 6) is -1.34. The number of anilines is 1. The van der Waals surface area contributed by atoms with Gasteiger partial charge in [-0.1, -0.05) is 11.6 Å². The predicted octanol–water partition coefficient (Wildman–Crippen LogP) is 3.43. The van der Waals surface area contributed by atoms with Gasteiger partial charge in [-0.2, -0.15) is 0 Å². The SMILES string of the molecule is O=C(O)C1CCCN(C(=O)Nc2ccc(Br)c(Cl)c2)C1. The summed E-state index contributed by atoms with van der Waals surface area (Å²) in [5.41, 5.74) is 0.584. The van der Waals surface area contributed by atoms with Crippen molar-refractivity contribution in [2.75, 3.05) is 18.4 Å². The molecule has 1 atom stereocenters. The molecule has 0 spiro atoms. The fourth-order valence-electron chi connectivity index (χ4n) is 2.14. The van der Waals surface area contributed by atoms with Crippen LogP contribution in [0.2, 0.25) is 5.02 Å². The quantitative estimate of drug-likeness (QED) is 0.848. The van der Waals surface area contributed by atoms with Crippen LogP contribution in [0.4, 0.5) is 10.5 Å². The van der Waals surface area contributed by atoms with Crippen LogP contribution in [-0.2, 0) is 4.79 Å². The fraction of sp³-hybridized carbons (Fsp3) is 0.385. The zero-order valence-electron chi connectivity index (χ0n) is 10.6. The molecule has 1 aliphatic heterocycles. The monoisotopic (exact) mass is 360 g/mol. The van der Waals surface area contributed by atoms with Crippen LogP contribution in [-0.4, -0.2) is 35.1 Å². The molecule has 1 fully saturated rings. The van der Waals surface area contributed by atoms with E-state index in [9.17, 15) is 9.59 Å². The number of rotatable bonds is 2. The highest BCUT2D eigenvalue weighted by Crippen LogP contribution is 2.26. The highest BCUT2D eigenvalue weighted by molar-refractivity contribution is 9.10. The molecule has 1 aliphatic rings. The number of carbonyl (C=O) groups excluding carboxylic acids is 1. The van der Waals surface area contributed by atoms with Crippen LogP contribution in [0.1, 0.15) is 12.8 Å². The van der Waals surface area contributed by atoms with Crippen molar-refractivity contribution in [1.82, 2.24) is 4.90 Å². The van der Waals surface area contributed by atoms with Crippen LogP contribution in [0, 0.1) is 5.92 Å². The van der Waals surface area contributed by atoms with Gasteiger partial charge in [-0.3, -0.25) is 4.79 Å². The summed E-state index contributed by atoms with van der Waals surface area (Å²) in [5, 5.41) is 12.2. The summed E-state index contributed by atoms with van der Waals surface area (Å²) in [6.45, 7) is 0.811. The lowest BCUT2D eigenvalue weighted by Crippen LogP contribution is -2.44.